The van der Waals surface area contributed by atoms with Gasteiger partial charge in [0.05, 0.1) is 12.1 Å². The highest BCUT2D eigenvalue weighted by molar-refractivity contribution is 5.94. The molecule has 0 spiro atoms. The first kappa shape index (κ1) is 14.8. The zero-order valence-electron chi connectivity index (χ0n) is 13.0. The molecule has 4 rings (SSSR count). The van der Waals surface area contributed by atoms with Crippen molar-refractivity contribution in [3.05, 3.63) is 37.1 Å². The van der Waals surface area contributed by atoms with E-state index < -0.39 is 0 Å². The number of amides is 1. The predicted molar refractivity (Wildman–Crippen MR) is 89.3 cm³/mol. The predicted octanol–water partition coefficient (Wildman–Crippen LogP) is 2.22. The zero-order valence-corrected chi connectivity index (χ0v) is 13.0. The second kappa shape index (κ2) is 6.37. The fourth-order valence-electron chi connectivity index (χ4n) is 2.89. The topological polar surface area (TPSA) is 92.9 Å². The Hall–Kier alpha value is -2.80. The fourth-order valence-corrected chi connectivity index (χ4v) is 2.89. The number of carbonyl (C=O) groups is 1. The molecular formula is C17H17N5O2. The Kier molecular flexibility index (Phi) is 3.92. The first-order valence-electron chi connectivity index (χ1n) is 7.96. The normalized spacial score (nSPS) is 17.8. The summed E-state index contributed by atoms with van der Waals surface area (Å²) in [5.74, 6) is 1.16. The number of rotatable bonds is 3. The summed E-state index contributed by atoms with van der Waals surface area (Å²) in [5.41, 5.74) is 0.694. The molecule has 7 nitrogen and oxygen atoms in total. The summed E-state index contributed by atoms with van der Waals surface area (Å²) in [6.45, 7) is 1.70. The number of nitrogens with zero attached hydrogens (tertiary/aromatic N) is 3. The lowest BCUT2D eigenvalue weighted by atomic mass is 9.99. The molecule has 0 aliphatic carbocycles. The van der Waals surface area contributed by atoms with Gasteiger partial charge in [0.1, 0.15) is 11.5 Å². The lowest BCUT2D eigenvalue weighted by Gasteiger charge is -2.21. The van der Waals surface area contributed by atoms with Crippen LogP contribution in [0.2, 0.25) is 0 Å². The molecule has 1 aliphatic rings. The van der Waals surface area contributed by atoms with Crippen molar-refractivity contribution in [1.29, 1.82) is 0 Å². The number of oxazole rings is 1. The Balaban J connectivity index is 1.58. The Morgan fingerprint density at radius 2 is 2.12 bits per heavy atom. The highest BCUT2D eigenvalue weighted by atomic mass is 16.3. The van der Waals surface area contributed by atoms with Crippen molar-refractivity contribution in [2.45, 2.75) is 12.8 Å². The molecule has 1 aliphatic heterocycles. The number of hydrogen-bond acceptors (Lipinski definition) is 6. The first-order valence-corrected chi connectivity index (χ1v) is 7.96. The van der Waals surface area contributed by atoms with Crippen molar-refractivity contribution in [2.24, 2.45) is 5.92 Å². The molecule has 0 saturated carbocycles. The first-order chi connectivity index (χ1) is 11.8. The number of piperidine rings is 1. The molecule has 7 heteroatoms. The second-order valence-electron chi connectivity index (χ2n) is 5.88. The van der Waals surface area contributed by atoms with E-state index in [1.807, 2.05) is 12.1 Å². The van der Waals surface area contributed by atoms with Gasteiger partial charge in [0, 0.05) is 24.3 Å². The van der Waals surface area contributed by atoms with Crippen LogP contribution < -0.4 is 10.6 Å². The average Bonchev–Trinajstić information content (AvgIpc) is 3.16. The van der Waals surface area contributed by atoms with E-state index in [0.717, 1.165) is 36.7 Å². The third-order valence-electron chi connectivity index (χ3n) is 4.21. The fraction of sp³-hybridized carbons (Fsp3) is 0.294. The molecule has 3 aromatic heterocycles. The van der Waals surface area contributed by atoms with E-state index in [1.54, 1.807) is 18.6 Å². The molecule has 1 amide bonds. The number of pyridine rings is 2. The lowest BCUT2D eigenvalue weighted by molar-refractivity contribution is -0.120. The standard InChI is InChI=1S/C17H17N5O2/c23-17(11-2-1-3-18-6-11)22-16-5-12-4-14(15-9-19-10-24-15)20-7-13(12)8-21-16/h4-5,7-11,18H,1-3,6H2,(H,21,22,23). The van der Waals surface area contributed by atoms with Gasteiger partial charge in [-0.15, -0.1) is 0 Å². The molecule has 0 radical (unpaired) electrons. The van der Waals surface area contributed by atoms with Crippen LogP contribution in [0.3, 0.4) is 0 Å². The Morgan fingerprint density at radius 3 is 2.92 bits per heavy atom. The van der Waals surface area contributed by atoms with Crippen LogP contribution in [0.15, 0.2) is 41.5 Å². The van der Waals surface area contributed by atoms with Crippen LogP contribution in [0.4, 0.5) is 5.82 Å². The van der Waals surface area contributed by atoms with Crippen LogP contribution in [0.5, 0.6) is 0 Å². The highest BCUT2D eigenvalue weighted by Crippen LogP contribution is 2.23. The van der Waals surface area contributed by atoms with E-state index in [2.05, 4.69) is 25.6 Å². The van der Waals surface area contributed by atoms with Crippen molar-refractivity contribution < 1.29 is 9.21 Å². The molecule has 2 N–H and O–H groups in total. The number of carbonyl (C=O) groups excluding carboxylic acids is 1. The summed E-state index contributed by atoms with van der Waals surface area (Å²) in [4.78, 5) is 24.9. The van der Waals surface area contributed by atoms with E-state index in [-0.39, 0.29) is 11.8 Å². The van der Waals surface area contributed by atoms with Crippen LogP contribution in [0, 0.1) is 5.92 Å². The smallest absolute Gasteiger partial charge is 0.229 e. The van der Waals surface area contributed by atoms with Gasteiger partial charge in [-0.3, -0.25) is 9.78 Å². The lowest BCUT2D eigenvalue weighted by Crippen LogP contribution is -2.37. The van der Waals surface area contributed by atoms with E-state index in [1.165, 1.54) is 6.39 Å². The van der Waals surface area contributed by atoms with Gasteiger partial charge in [-0.1, -0.05) is 0 Å². The monoisotopic (exact) mass is 323 g/mol. The van der Waals surface area contributed by atoms with Gasteiger partial charge in [0.25, 0.3) is 0 Å². The van der Waals surface area contributed by atoms with Gasteiger partial charge in [0.15, 0.2) is 12.2 Å². The largest absolute Gasteiger partial charge is 0.442 e. The highest BCUT2D eigenvalue weighted by Gasteiger charge is 2.21. The maximum atomic E-state index is 12.3. The molecule has 3 aromatic rings. The SMILES string of the molecule is O=C(Nc1cc2cc(-c3cnco3)ncc2cn1)C1CCCNC1. The van der Waals surface area contributed by atoms with Crippen LogP contribution in [-0.2, 0) is 4.79 Å². The van der Waals surface area contributed by atoms with E-state index in [4.69, 9.17) is 4.42 Å². The summed E-state index contributed by atoms with van der Waals surface area (Å²) in [6, 6.07) is 3.75. The number of fused-ring (bicyclic) bond motifs is 1. The summed E-state index contributed by atoms with van der Waals surface area (Å²) >= 11 is 0. The van der Waals surface area contributed by atoms with Gasteiger partial charge in [-0.25, -0.2) is 9.97 Å². The Bertz CT molecular complexity index is 857. The van der Waals surface area contributed by atoms with Crippen molar-refractivity contribution in [1.82, 2.24) is 20.3 Å². The summed E-state index contributed by atoms with van der Waals surface area (Å²) in [7, 11) is 0. The summed E-state index contributed by atoms with van der Waals surface area (Å²) < 4.78 is 5.28. The average molecular weight is 323 g/mol. The minimum absolute atomic E-state index is 0.00144. The second-order valence-corrected chi connectivity index (χ2v) is 5.88. The molecule has 4 heterocycles. The maximum Gasteiger partial charge on any atom is 0.229 e. The van der Waals surface area contributed by atoms with Crippen LogP contribution in [0.1, 0.15) is 12.8 Å². The van der Waals surface area contributed by atoms with Gasteiger partial charge in [0.2, 0.25) is 5.91 Å². The number of anilines is 1. The van der Waals surface area contributed by atoms with E-state index in [9.17, 15) is 4.79 Å². The summed E-state index contributed by atoms with van der Waals surface area (Å²) in [6.07, 6.45) is 8.37. The van der Waals surface area contributed by atoms with Crippen molar-refractivity contribution >= 4 is 22.5 Å². The summed E-state index contributed by atoms with van der Waals surface area (Å²) in [5, 5.41) is 7.99. The van der Waals surface area contributed by atoms with Crippen LogP contribution >= 0.6 is 0 Å². The minimum Gasteiger partial charge on any atom is -0.442 e. The van der Waals surface area contributed by atoms with Crippen molar-refractivity contribution in [3.63, 3.8) is 0 Å². The molecule has 1 fully saturated rings. The number of nitrogens with one attached hydrogen (secondary N) is 2. The maximum absolute atomic E-state index is 12.3. The van der Waals surface area contributed by atoms with E-state index in [0.29, 0.717) is 17.3 Å². The Labute approximate surface area is 138 Å². The van der Waals surface area contributed by atoms with E-state index >= 15 is 0 Å². The molecule has 1 saturated heterocycles. The van der Waals surface area contributed by atoms with Crippen LogP contribution in [0.25, 0.3) is 22.2 Å². The molecule has 0 aromatic carbocycles. The minimum atomic E-state index is -0.00144. The van der Waals surface area contributed by atoms with Gasteiger partial charge in [-0.2, -0.15) is 0 Å². The van der Waals surface area contributed by atoms with Crippen molar-refractivity contribution in [2.75, 3.05) is 18.4 Å². The third-order valence-corrected chi connectivity index (χ3v) is 4.21. The zero-order chi connectivity index (χ0) is 16.4. The molecule has 1 unspecified atom stereocenters. The number of aromatic nitrogens is 3. The quantitative estimate of drug-likeness (QED) is 0.768. The number of hydrogen-bond donors (Lipinski definition) is 2. The van der Waals surface area contributed by atoms with Gasteiger partial charge < -0.3 is 15.1 Å². The van der Waals surface area contributed by atoms with Crippen LogP contribution in [-0.4, -0.2) is 33.9 Å². The Morgan fingerprint density at radius 1 is 1.21 bits per heavy atom. The molecule has 24 heavy (non-hydrogen) atoms. The van der Waals surface area contributed by atoms with Gasteiger partial charge in [-0.05, 0) is 36.9 Å². The van der Waals surface area contributed by atoms with Crippen molar-refractivity contribution in [3.8, 4) is 11.5 Å². The molecular weight excluding hydrogens is 306 g/mol. The molecule has 1 atom stereocenters. The molecule has 0 bridgehead atoms. The third kappa shape index (κ3) is 2.98. The molecule has 122 valence electrons. The van der Waals surface area contributed by atoms with Gasteiger partial charge >= 0.3 is 0 Å².